The summed E-state index contributed by atoms with van der Waals surface area (Å²) in [6.07, 6.45) is 17.3. The Bertz CT molecular complexity index is 467. The summed E-state index contributed by atoms with van der Waals surface area (Å²) in [6, 6.07) is 0. The van der Waals surface area contributed by atoms with E-state index in [1.54, 1.807) is 5.57 Å². The maximum atomic E-state index is 9.98. The number of hydrogen-bond acceptors (Lipinski definition) is 1. The summed E-state index contributed by atoms with van der Waals surface area (Å²) in [4.78, 5) is 0. The van der Waals surface area contributed by atoms with Gasteiger partial charge in [-0.3, -0.25) is 0 Å². The van der Waals surface area contributed by atoms with Crippen molar-refractivity contribution >= 4 is 0 Å². The van der Waals surface area contributed by atoms with Gasteiger partial charge in [-0.1, -0.05) is 38.3 Å². The Kier molecular flexibility index (Phi) is 4.37. The molecule has 4 rings (SSSR count). The predicted octanol–water partition coefficient (Wildman–Crippen LogP) is 5.73. The van der Waals surface area contributed by atoms with Gasteiger partial charge in [0.2, 0.25) is 0 Å². The minimum atomic E-state index is -0.142. The van der Waals surface area contributed by atoms with Crippen LogP contribution in [0.3, 0.4) is 0 Å². The molecule has 0 unspecified atom stereocenters. The number of unbranched alkanes of at least 4 members (excludes halogenated alkanes) is 1. The molecule has 0 amide bonds. The zero-order chi connectivity index (χ0) is 16.0. The van der Waals surface area contributed by atoms with Crippen molar-refractivity contribution in [3.05, 3.63) is 11.6 Å². The second-order valence-electron chi connectivity index (χ2n) is 9.43. The van der Waals surface area contributed by atoms with Gasteiger partial charge in [0.1, 0.15) is 0 Å². The second kappa shape index (κ2) is 6.21. The molecule has 0 heterocycles. The van der Waals surface area contributed by atoms with Crippen LogP contribution in [0.15, 0.2) is 11.6 Å². The van der Waals surface area contributed by atoms with Gasteiger partial charge in [-0.25, -0.2) is 0 Å². The van der Waals surface area contributed by atoms with Gasteiger partial charge in [-0.05, 0) is 92.8 Å². The molecule has 0 aromatic heterocycles. The van der Waals surface area contributed by atoms with Crippen LogP contribution in [0, 0.1) is 35.0 Å². The third kappa shape index (κ3) is 2.62. The molecule has 23 heavy (non-hydrogen) atoms. The molecule has 0 bridgehead atoms. The van der Waals surface area contributed by atoms with E-state index in [9.17, 15) is 5.11 Å². The van der Waals surface area contributed by atoms with Gasteiger partial charge < -0.3 is 5.11 Å². The fourth-order valence-corrected chi connectivity index (χ4v) is 7.35. The molecule has 0 aromatic carbocycles. The van der Waals surface area contributed by atoms with Gasteiger partial charge in [-0.15, -0.1) is 0 Å². The van der Waals surface area contributed by atoms with E-state index in [2.05, 4.69) is 19.9 Å². The van der Waals surface area contributed by atoms with Crippen molar-refractivity contribution in [2.24, 2.45) is 35.0 Å². The molecule has 0 spiro atoms. The molecule has 0 aromatic rings. The Hall–Kier alpha value is -0.300. The van der Waals surface area contributed by atoms with Crippen molar-refractivity contribution in [3.8, 4) is 0 Å². The zero-order valence-electron chi connectivity index (χ0n) is 15.3. The highest BCUT2D eigenvalue weighted by Gasteiger charge is 2.55. The molecule has 4 aliphatic rings. The van der Waals surface area contributed by atoms with E-state index < -0.39 is 0 Å². The van der Waals surface area contributed by atoms with Crippen molar-refractivity contribution in [2.45, 2.75) is 90.6 Å². The molecule has 3 fully saturated rings. The Morgan fingerprint density at radius 2 is 1.96 bits per heavy atom. The first kappa shape index (κ1) is 16.2. The lowest BCUT2D eigenvalue weighted by Gasteiger charge is -2.54. The van der Waals surface area contributed by atoms with Crippen LogP contribution >= 0.6 is 0 Å². The molecule has 130 valence electrons. The summed E-state index contributed by atoms with van der Waals surface area (Å²) in [6.45, 7) is 5.01. The summed E-state index contributed by atoms with van der Waals surface area (Å²) in [5.41, 5.74) is 2.29. The fraction of sp³-hybridized carbons (Fsp3) is 0.909. The molecule has 7 atom stereocenters. The summed E-state index contributed by atoms with van der Waals surface area (Å²) >= 11 is 0. The third-order valence-corrected chi connectivity index (χ3v) is 8.53. The van der Waals surface area contributed by atoms with Crippen LogP contribution in [0.2, 0.25) is 0 Å². The quantitative estimate of drug-likeness (QED) is 0.660. The monoisotopic (exact) mass is 316 g/mol. The van der Waals surface area contributed by atoms with E-state index in [1.807, 2.05) is 0 Å². The van der Waals surface area contributed by atoms with Crippen molar-refractivity contribution < 1.29 is 5.11 Å². The van der Waals surface area contributed by atoms with Crippen LogP contribution in [0.25, 0.3) is 0 Å². The van der Waals surface area contributed by atoms with E-state index in [0.29, 0.717) is 5.41 Å². The van der Waals surface area contributed by atoms with Crippen molar-refractivity contribution in [2.75, 3.05) is 0 Å². The minimum absolute atomic E-state index is 0.142. The zero-order valence-corrected chi connectivity index (χ0v) is 15.3. The van der Waals surface area contributed by atoms with Crippen molar-refractivity contribution in [3.63, 3.8) is 0 Å². The number of fused-ring (bicyclic) bond motifs is 5. The van der Waals surface area contributed by atoms with Crippen LogP contribution in [0.5, 0.6) is 0 Å². The molecule has 3 saturated carbocycles. The van der Waals surface area contributed by atoms with E-state index >= 15 is 0 Å². The lowest BCUT2D eigenvalue weighted by atomic mass is 9.51. The lowest BCUT2D eigenvalue weighted by molar-refractivity contribution is -0.0261. The number of rotatable bonds is 3. The number of aliphatic hydroxyl groups is 1. The molecular formula is C22H36O. The first-order valence-corrected chi connectivity index (χ1v) is 10.5. The summed E-state index contributed by atoms with van der Waals surface area (Å²) in [5.74, 6) is 4.80. The lowest BCUT2D eigenvalue weighted by Crippen LogP contribution is -2.46. The van der Waals surface area contributed by atoms with Crippen molar-refractivity contribution in [1.29, 1.82) is 0 Å². The third-order valence-electron chi connectivity index (χ3n) is 8.53. The molecule has 4 aliphatic carbocycles. The Morgan fingerprint density at radius 1 is 1.09 bits per heavy atom. The van der Waals surface area contributed by atoms with Crippen LogP contribution in [-0.2, 0) is 0 Å². The smallest absolute Gasteiger partial charge is 0.0723 e. The molecule has 1 N–H and O–H groups in total. The molecule has 1 heteroatoms. The number of allylic oxidation sites excluding steroid dienone is 1. The Labute approximate surface area is 142 Å². The van der Waals surface area contributed by atoms with Gasteiger partial charge >= 0.3 is 0 Å². The first-order chi connectivity index (χ1) is 11.1. The van der Waals surface area contributed by atoms with E-state index in [-0.39, 0.29) is 6.10 Å². The SMILES string of the molecule is CCCC[C@H]1CC[C@H]2[C@@H]3CCC4=C[C@@H](O)CC[C@@H]4[C@H]3CC[C@]12C. The highest BCUT2D eigenvalue weighted by Crippen LogP contribution is 2.64. The minimum Gasteiger partial charge on any atom is -0.389 e. The fourth-order valence-electron chi connectivity index (χ4n) is 7.35. The van der Waals surface area contributed by atoms with E-state index in [1.165, 1.54) is 64.2 Å². The summed E-state index contributed by atoms with van der Waals surface area (Å²) in [5, 5.41) is 9.98. The maximum absolute atomic E-state index is 9.98. The van der Waals surface area contributed by atoms with Crippen LogP contribution in [0.4, 0.5) is 0 Å². The molecule has 1 nitrogen and oxygen atoms in total. The van der Waals surface area contributed by atoms with Crippen LogP contribution in [-0.4, -0.2) is 11.2 Å². The van der Waals surface area contributed by atoms with Crippen LogP contribution in [0.1, 0.15) is 84.5 Å². The summed E-state index contributed by atoms with van der Waals surface area (Å²) in [7, 11) is 0. The highest BCUT2D eigenvalue weighted by atomic mass is 16.3. The predicted molar refractivity (Wildman–Crippen MR) is 96.1 cm³/mol. The Balaban J connectivity index is 1.53. The highest BCUT2D eigenvalue weighted by molar-refractivity contribution is 5.20. The standard InChI is InChI=1S/C22H36O/c1-3-4-5-16-7-11-21-20-9-6-15-14-17(23)8-10-18(15)19(20)12-13-22(16,21)2/h14,16-21,23H,3-13H2,1-2H3/t16-,17-,18-,19+,20+,21-,22+/m0/s1. The Morgan fingerprint density at radius 3 is 2.78 bits per heavy atom. The first-order valence-electron chi connectivity index (χ1n) is 10.5. The summed E-state index contributed by atoms with van der Waals surface area (Å²) < 4.78 is 0. The van der Waals surface area contributed by atoms with Gasteiger partial charge in [-0.2, -0.15) is 0 Å². The largest absolute Gasteiger partial charge is 0.389 e. The second-order valence-corrected chi connectivity index (χ2v) is 9.43. The molecular weight excluding hydrogens is 280 g/mol. The number of aliphatic hydroxyl groups excluding tert-OH is 1. The van der Waals surface area contributed by atoms with Gasteiger partial charge in [0.05, 0.1) is 6.10 Å². The van der Waals surface area contributed by atoms with E-state index in [0.717, 1.165) is 36.0 Å². The average molecular weight is 317 g/mol. The maximum Gasteiger partial charge on any atom is 0.0723 e. The van der Waals surface area contributed by atoms with Gasteiger partial charge in [0.15, 0.2) is 0 Å². The molecule has 0 aliphatic heterocycles. The van der Waals surface area contributed by atoms with Crippen LogP contribution < -0.4 is 0 Å². The van der Waals surface area contributed by atoms with E-state index in [4.69, 9.17) is 0 Å². The normalized spacial score (nSPS) is 49.1. The average Bonchev–Trinajstić information content (AvgIpc) is 2.89. The molecule has 0 saturated heterocycles. The topological polar surface area (TPSA) is 20.2 Å². The van der Waals surface area contributed by atoms with Gasteiger partial charge in [0.25, 0.3) is 0 Å². The molecule has 0 radical (unpaired) electrons. The number of hydrogen-bond donors (Lipinski definition) is 1. The van der Waals surface area contributed by atoms with Gasteiger partial charge in [0, 0.05) is 0 Å². The van der Waals surface area contributed by atoms with Crippen molar-refractivity contribution in [1.82, 2.24) is 0 Å².